The predicted molar refractivity (Wildman–Crippen MR) is 83.9 cm³/mol. The lowest BCUT2D eigenvalue weighted by molar-refractivity contribution is 0.223. The molecule has 0 saturated carbocycles. The van der Waals surface area contributed by atoms with Gasteiger partial charge in [-0.25, -0.2) is 4.79 Å². The molecule has 0 fully saturated rings. The number of thiophene rings is 1. The van der Waals surface area contributed by atoms with Crippen LogP contribution in [0.15, 0.2) is 38.9 Å². The molecule has 1 unspecified atom stereocenters. The Labute approximate surface area is 126 Å². The largest absolute Gasteiger partial charge is 0.419 e. The molecule has 3 rings (SSSR count). The molecule has 1 N–H and O–H groups in total. The van der Waals surface area contributed by atoms with E-state index in [-0.39, 0.29) is 5.76 Å². The van der Waals surface area contributed by atoms with Crippen molar-refractivity contribution in [3.63, 3.8) is 0 Å². The number of aromatic nitrogens is 1. The Kier molecular flexibility index (Phi) is 3.69. The molecule has 0 aliphatic carbocycles. The molecule has 0 amide bonds. The van der Waals surface area contributed by atoms with E-state index in [0.29, 0.717) is 12.1 Å². The maximum absolute atomic E-state index is 11.8. The smallest absolute Gasteiger partial charge is 0.408 e. The molecule has 5 heteroatoms. The van der Waals surface area contributed by atoms with Crippen LogP contribution in [0.2, 0.25) is 0 Å². The zero-order valence-corrected chi connectivity index (χ0v) is 12.8. The Morgan fingerprint density at radius 1 is 1.38 bits per heavy atom. The van der Waals surface area contributed by atoms with Gasteiger partial charge in [0.2, 0.25) is 0 Å². The Morgan fingerprint density at radius 3 is 2.86 bits per heavy atom. The summed E-state index contributed by atoms with van der Waals surface area (Å²) in [6, 6.07) is 7.44. The van der Waals surface area contributed by atoms with Crippen molar-refractivity contribution in [3.8, 4) is 0 Å². The Bertz CT molecular complexity index is 828. The highest BCUT2D eigenvalue weighted by atomic mass is 32.1. The molecular weight excluding hydrogens is 286 g/mol. The summed E-state index contributed by atoms with van der Waals surface area (Å²) in [4.78, 5) is 12.7. The first kappa shape index (κ1) is 14.1. The van der Waals surface area contributed by atoms with Crippen LogP contribution in [-0.2, 0) is 6.54 Å². The summed E-state index contributed by atoms with van der Waals surface area (Å²) in [6.45, 7) is 4.63. The molecule has 0 radical (unpaired) electrons. The molecule has 4 nitrogen and oxygen atoms in total. The average Bonchev–Trinajstić information content (AvgIpc) is 3.02. The van der Waals surface area contributed by atoms with Gasteiger partial charge >= 0.3 is 5.76 Å². The summed E-state index contributed by atoms with van der Waals surface area (Å²) in [6.07, 6.45) is 0.182. The minimum Gasteiger partial charge on any atom is -0.408 e. The number of fused-ring (bicyclic) bond motifs is 1. The van der Waals surface area contributed by atoms with Crippen molar-refractivity contribution in [2.24, 2.45) is 0 Å². The first-order valence-electron chi connectivity index (χ1n) is 6.97. The Morgan fingerprint density at radius 2 is 2.19 bits per heavy atom. The van der Waals surface area contributed by atoms with Crippen LogP contribution >= 0.6 is 11.3 Å². The lowest BCUT2D eigenvalue weighted by atomic mass is 10.1. The van der Waals surface area contributed by atoms with E-state index in [1.165, 1.54) is 11.3 Å². The fraction of sp³-hybridized carbons (Fsp3) is 0.312. The summed E-state index contributed by atoms with van der Waals surface area (Å²) in [7, 11) is 0. The van der Waals surface area contributed by atoms with Crippen molar-refractivity contribution in [1.29, 1.82) is 0 Å². The van der Waals surface area contributed by atoms with Crippen LogP contribution in [0.25, 0.3) is 11.1 Å². The van der Waals surface area contributed by atoms with Crippen LogP contribution in [-0.4, -0.2) is 9.67 Å². The van der Waals surface area contributed by atoms with Gasteiger partial charge < -0.3 is 9.52 Å². The van der Waals surface area contributed by atoms with Crippen molar-refractivity contribution >= 4 is 22.4 Å². The van der Waals surface area contributed by atoms with E-state index in [1.807, 2.05) is 37.4 Å². The number of rotatable bonds is 4. The number of aliphatic hydroxyl groups is 1. The molecule has 2 heterocycles. The topological polar surface area (TPSA) is 55.4 Å². The fourth-order valence-electron chi connectivity index (χ4n) is 2.50. The zero-order valence-electron chi connectivity index (χ0n) is 12.0. The molecule has 0 aliphatic heterocycles. The molecule has 2 aromatic heterocycles. The van der Waals surface area contributed by atoms with Crippen molar-refractivity contribution in [3.05, 3.63) is 56.2 Å². The van der Waals surface area contributed by atoms with Crippen molar-refractivity contribution in [1.82, 2.24) is 4.57 Å². The van der Waals surface area contributed by atoms with E-state index >= 15 is 0 Å². The van der Waals surface area contributed by atoms with E-state index in [0.717, 1.165) is 27.9 Å². The maximum atomic E-state index is 11.8. The van der Waals surface area contributed by atoms with Gasteiger partial charge in [-0.2, -0.15) is 0 Å². The summed E-state index contributed by atoms with van der Waals surface area (Å²) in [5, 5.41) is 12.4. The van der Waals surface area contributed by atoms with Crippen LogP contribution in [0.4, 0.5) is 0 Å². The highest BCUT2D eigenvalue weighted by Gasteiger charge is 2.17. The second-order valence-electron chi connectivity index (χ2n) is 5.12. The van der Waals surface area contributed by atoms with Gasteiger partial charge in [-0.3, -0.25) is 4.57 Å². The number of nitrogens with zero attached hydrogens (tertiary/aromatic N) is 1. The second kappa shape index (κ2) is 5.50. The van der Waals surface area contributed by atoms with Gasteiger partial charge in [0.1, 0.15) is 6.10 Å². The lowest BCUT2D eigenvalue weighted by Crippen LogP contribution is -2.13. The molecule has 3 aromatic rings. The van der Waals surface area contributed by atoms with Gasteiger partial charge in [0.25, 0.3) is 0 Å². The molecule has 110 valence electrons. The number of benzene rings is 1. The first-order valence-corrected chi connectivity index (χ1v) is 7.85. The monoisotopic (exact) mass is 303 g/mol. The van der Waals surface area contributed by atoms with E-state index < -0.39 is 6.10 Å². The third-order valence-electron chi connectivity index (χ3n) is 3.61. The summed E-state index contributed by atoms with van der Waals surface area (Å²) < 4.78 is 6.92. The zero-order chi connectivity index (χ0) is 15.0. The first-order chi connectivity index (χ1) is 10.1. The quantitative estimate of drug-likeness (QED) is 0.803. The third-order valence-corrected chi connectivity index (χ3v) is 4.68. The van der Waals surface area contributed by atoms with Crippen molar-refractivity contribution < 1.29 is 9.52 Å². The summed E-state index contributed by atoms with van der Waals surface area (Å²) >= 11 is 1.53. The number of oxazole rings is 1. The predicted octanol–water partition coefficient (Wildman–Crippen LogP) is 3.46. The maximum Gasteiger partial charge on any atom is 0.419 e. The fourth-order valence-corrected chi connectivity index (χ4v) is 3.44. The van der Waals surface area contributed by atoms with Crippen LogP contribution in [0.3, 0.4) is 0 Å². The van der Waals surface area contributed by atoms with Gasteiger partial charge in [-0.05, 0) is 48.1 Å². The molecule has 1 atom stereocenters. The minimum absolute atomic E-state index is 0.342. The molecule has 0 spiro atoms. The standard InChI is InChI=1S/C16H17NO3S/c1-3-7-17-12-5-4-11(9-13(12)20-16(17)19)14(18)15-10(2)6-8-21-15/h4-6,8-9,14,18H,3,7H2,1-2H3. The number of aliphatic hydroxyl groups excluding tert-OH is 1. The molecule has 21 heavy (non-hydrogen) atoms. The molecular formula is C16H17NO3S. The molecule has 0 saturated heterocycles. The van der Waals surface area contributed by atoms with Crippen LogP contribution in [0, 0.1) is 6.92 Å². The number of hydrogen-bond acceptors (Lipinski definition) is 4. The lowest BCUT2D eigenvalue weighted by Gasteiger charge is -2.10. The van der Waals surface area contributed by atoms with Crippen LogP contribution < -0.4 is 5.76 Å². The van der Waals surface area contributed by atoms with Crippen LogP contribution in [0.1, 0.15) is 35.5 Å². The van der Waals surface area contributed by atoms with Crippen molar-refractivity contribution in [2.45, 2.75) is 32.9 Å². The number of aryl methyl sites for hydroxylation is 2. The Balaban J connectivity index is 2.06. The Hall–Kier alpha value is -1.85. The van der Waals surface area contributed by atoms with Gasteiger partial charge in [-0.15, -0.1) is 11.3 Å². The highest BCUT2D eigenvalue weighted by molar-refractivity contribution is 7.10. The average molecular weight is 303 g/mol. The van der Waals surface area contributed by atoms with Gasteiger partial charge in [0.05, 0.1) is 5.52 Å². The number of hydrogen-bond donors (Lipinski definition) is 1. The highest BCUT2D eigenvalue weighted by Crippen LogP contribution is 2.30. The molecule has 0 aliphatic rings. The van der Waals surface area contributed by atoms with Crippen LogP contribution in [0.5, 0.6) is 0 Å². The van der Waals surface area contributed by atoms with Gasteiger partial charge in [0, 0.05) is 11.4 Å². The molecule has 1 aromatic carbocycles. The normalized spacial score (nSPS) is 12.9. The second-order valence-corrected chi connectivity index (χ2v) is 6.06. The third kappa shape index (κ3) is 2.43. The van der Waals surface area contributed by atoms with E-state index in [2.05, 4.69) is 0 Å². The van der Waals surface area contributed by atoms with E-state index in [4.69, 9.17) is 4.42 Å². The van der Waals surface area contributed by atoms with Gasteiger partial charge in [0.15, 0.2) is 5.58 Å². The van der Waals surface area contributed by atoms with E-state index in [1.54, 1.807) is 10.6 Å². The van der Waals surface area contributed by atoms with E-state index in [9.17, 15) is 9.90 Å². The summed E-state index contributed by atoms with van der Waals surface area (Å²) in [5.74, 6) is -0.342. The SMILES string of the molecule is CCCn1c(=O)oc2cc(C(O)c3sccc3C)ccc21. The summed E-state index contributed by atoms with van der Waals surface area (Å²) in [5.41, 5.74) is 3.11. The molecule has 0 bridgehead atoms. The van der Waals surface area contributed by atoms with Gasteiger partial charge in [-0.1, -0.05) is 13.0 Å². The minimum atomic E-state index is -0.686. The van der Waals surface area contributed by atoms with Crippen molar-refractivity contribution in [2.75, 3.05) is 0 Å².